The second-order valence-electron chi connectivity index (χ2n) is 6.54. The lowest BCUT2D eigenvalue weighted by atomic mass is 9.87. The Bertz CT molecular complexity index is 758. The molecule has 2 unspecified atom stereocenters. The van der Waals surface area contributed by atoms with Gasteiger partial charge in [-0.15, -0.1) is 0 Å². The first kappa shape index (κ1) is 20.9. The van der Waals surface area contributed by atoms with E-state index in [1.165, 1.54) is 0 Å². The maximum atomic E-state index is 12.9. The number of benzene rings is 2. The average molecular weight is 384 g/mol. The summed E-state index contributed by atoms with van der Waals surface area (Å²) in [7, 11) is 0. The van der Waals surface area contributed by atoms with Gasteiger partial charge in [0.1, 0.15) is 0 Å². The molecule has 0 aliphatic carbocycles. The first-order valence-electron chi connectivity index (χ1n) is 9.07. The topological polar surface area (TPSA) is 71.4 Å². The van der Waals surface area contributed by atoms with Crippen molar-refractivity contribution >= 4 is 30.2 Å². The Morgan fingerprint density at radius 2 is 1.37 bits per heavy atom. The molecular formula is C22H24O4S. The van der Waals surface area contributed by atoms with Crippen molar-refractivity contribution in [2.45, 2.75) is 37.4 Å². The molecule has 0 aliphatic heterocycles. The van der Waals surface area contributed by atoms with Gasteiger partial charge in [-0.25, -0.2) is 0 Å². The third-order valence-electron chi connectivity index (χ3n) is 4.56. The van der Waals surface area contributed by atoms with Crippen molar-refractivity contribution in [3.63, 3.8) is 0 Å². The van der Waals surface area contributed by atoms with Crippen molar-refractivity contribution in [2.75, 3.05) is 0 Å². The zero-order valence-corrected chi connectivity index (χ0v) is 16.0. The Hall–Kier alpha value is -2.40. The lowest BCUT2D eigenvalue weighted by molar-refractivity contribution is -0.136. The van der Waals surface area contributed by atoms with Crippen molar-refractivity contribution in [3.8, 4) is 0 Å². The zero-order valence-electron chi connectivity index (χ0n) is 15.1. The van der Waals surface area contributed by atoms with Crippen molar-refractivity contribution in [2.24, 2.45) is 5.92 Å². The number of hydrogen-bond acceptors (Lipinski definition) is 4. The third kappa shape index (κ3) is 6.68. The van der Waals surface area contributed by atoms with E-state index in [-0.39, 0.29) is 23.9 Å². The van der Waals surface area contributed by atoms with Crippen molar-refractivity contribution in [1.29, 1.82) is 0 Å². The normalized spacial score (nSPS) is 12.9. The van der Waals surface area contributed by atoms with E-state index in [0.29, 0.717) is 36.8 Å². The van der Waals surface area contributed by atoms with Crippen LogP contribution in [0.25, 0.3) is 0 Å². The van der Waals surface area contributed by atoms with E-state index in [4.69, 9.17) is 5.11 Å². The van der Waals surface area contributed by atoms with Gasteiger partial charge in [0.25, 0.3) is 0 Å². The summed E-state index contributed by atoms with van der Waals surface area (Å²) in [4.78, 5) is 36.1. The van der Waals surface area contributed by atoms with Gasteiger partial charge in [-0.3, -0.25) is 14.4 Å². The molecule has 4 nitrogen and oxygen atoms in total. The molecule has 27 heavy (non-hydrogen) atoms. The maximum absolute atomic E-state index is 12.9. The van der Waals surface area contributed by atoms with E-state index in [1.54, 1.807) is 24.3 Å². The van der Waals surface area contributed by atoms with Crippen LogP contribution in [-0.4, -0.2) is 27.9 Å². The van der Waals surface area contributed by atoms with Crippen LogP contribution in [0, 0.1) is 5.92 Å². The van der Waals surface area contributed by atoms with E-state index in [1.807, 2.05) is 36.4 Å². The van der Waals surface area contributed by atoms with Gasteiger partial charge in [-0.2, -0.15) is 12.6 Å². The predicted octanol–water partition coefficient (Wildman–Crippen LogP) is 4.70. The molecule has 2 atom stereocenters. The second kappa shape index (κ2) is 10.7. The summed E-state index contributed by atoms with van der Waals surface area (Å²) >= 11 is 4.04. The molecule has 0 aliphatic rings. The fourth-order valence-corrected chi connectivity index (χ4v) is 3.18. The van der Waals surface area contributed by atoms with Crippen LogP contribution >= 0.6 is 12.6 Å². The Kier molecular flexibility index (Phi) is 8.27. The Morgan fingerprint density at radius 3 is 1.93 bits per heavy atom. The third-order valence-corrected chi connectivity index (χ3v) is 5.04. The van der Waals surface area contributed by atoms with Crippen LogP contribution in [0.1, 0.15) is 52.8 Å². The molecule has 0 fully saturated rings. The highest BCUT2D eigenvalue weighted by Crippen LogP contribution is 2.23. The van der Waals surface area contributed by atoms with Gasteiger partial charge < -0.3 is 5.11 Å². The highest BCUT2D eigenvalue weighted by Gasteiger charge is 2.22. The molecule has 1 N–H and O–H groups in total. The van der Waals surface area contributed by atoms with Crippen LogP contribution in [0.4, 0.5) is 0 Å². The molecule has 0 spiro atoms. The molecule has 0 heterocycles. The summed E-state index contributed by atoms with van der Waals surface area (Å²) in [6.45, 7) is 0. The van der Waals surface area contributed by atoms with Crippen LogP contribution in [0.2, 0.25) is 0 Å². The molecule has 2 aromatic rings. The van der Waals surface area contributed by atoms with Crippen LogP contribution in [0.15, 0.2) is 60.7 Å². The second-order valence-corrected chi connectivity index (χ2v) is 7.16. The van der Waals surface area contributed by atoms with E-state index in [0.717, 1.165) is 0 Å². The summed E-state index contributed by atoms with van der Waals surface area (Å²) < 4.78 is 0. The van der Waals surface area contributed by atoms with Crippen molar-refractivity contribution in [1.82, 2.24) is 0 Å². The van der Waals surface area contributed by atoms with E-state index in [9.17, 15) is 14.4 Å². The number of ketones is 2. The maximum Gasteiger partial charge on any atom is 0.316 e. The summed E-state index contributed by atoms with van der Waals surface area (Å²) in [5.74, 6) is -1.25. The van der Waals surface area contributed by atoms with E-state index in [2.05, 4.69) is 12.6 Å². The first-order chi connectivity index (χ1) is 13.0. The largest absolute Gasteiger partial charge is 0.480 e. The Morgan fingerprint density at radius 1 is 0.815 bits per heavy atom. The molecule has 0 saturated carbocycles. The van der Waals surface area contributed by atoms with Gasteiger partial charge >= 0.3 is 5.97 Å². The number of Topliss-reactive ketones (excluding diaryl/α,β-unsaturated/α-hetero) is 2. The van der Waals surface area contributed by atoms with Gasteiger partial charge in [-0.05, 0) is 19.3 Å². The number of carbonyl (C=O) groups is 3. The molecule has 142 valence electrons. The first-order valence-corrected chi connectivity index (χ1v) is 9.59. The number of aliphatic carboxylic acids is 1. The molecule has 0 bridgehead atoms. The van der Waals surface area contributed by atoms with Crippen LogP contribution in [0.5, 0.6) is 0 Å². The number of thiol groups is 1. The SMILES string of the molecule is O=C(CCC(CCCC(S)C(=O)O)C(=O)c1ccccc1)c1ccccc1. The fourth-order valence-electron chi connectivity index (χ4n) is 3.00. The molecule has 5 heteroatoms. The van der Waals surface area contributed by atoms with E-state index >= 15 is 0 Å². The molecule has 2 rings (SSSR count). The summed E-state index contributed by atoms with van der Waals surface area (Å²) in [5.41, 5.74) is 1.26. The van der Waals surface area contributed by atoms with Crippen molar-refractivity contribution in [3.05, 3.63) is 71.8 Å². The molecule has 0 radical (unpaired) electrons. The van der Waals surface area contributed by atoms with Crippen LogP contribution in [-0.2, 0) is 4.79 Å². The molecule has 0 saturated heterocycles. The smallest absolute Gasteiger partial charge is 0.316 e. The number of carbonyl (C=O) groups excluding carboxylic acids is 2. The Balaban J connectivity index is 2.01. The molecule has 2 aromatic carbocycles. The fraction of sp³-hybridized carbons (Fsp3) is 0.318. The minimum Gasteiger partial charge on any atom is -0.480 e. The summed E-state index contributed by atoms with van der Waals surface area (Å²) in [5, 5.41) is 8.22. The quantitative estimate of drug-likeness (QED) is 0.435. The van der Waals surface area contributed by atoms with Gasteiger partial charge in [-0.1, -0.05) is 67.1 Å². The summed E-state index contributed by atoms with van der Waals surface area (Å²) in [6.07, 6.45) is 2.25. The standard InChI is InChI=1S/C22H24O4S/c23-19(16-8-3-1-4-9-16)15-14-18(12-7-13-20(27)22(25)26)21(24)17-10-5-2-6-11-17/h1-6,8-11,18,20,27H,7,12-15H2,(H,25,26). The molecule has 0 amide bonds. The van der Waals surface area contributed by atoms with Gasteiger partial charge in [0.05, 0.1) is 5.25 Å². The lowest BCUT2D eigenvalue weighted by Gasteiger charge is -2.16. The average Bonchev–Trinajstić information content (AvgIpc) is 2.70. The lowest BCUT2D eigenvalue weighted by Crippen LogP contribution is -2.18. The number of rotatable bonds is 11. The minimum absolute atomic E-state index is 0.00232. The monoisotopic (exact) mass is 384 g/mol. The minimum atomic E-state index is -0.955. The number of carboxylic acids is 1. The number of carboxylic acid groups (broad SMARTS) is 1. The molecular weight excluding hydrogens is 360 g/mol. The highest BCUT2D eigenvalue weighted by atomic mass is 32.1. The summed E-state index contributed by atoms with van der Waals surface area (Å²) in [6, 6.07) is 18.1. The zero-order chi connectivity index (χ0) is 19.6. The van der Waals surface area contributed by atoms with Crippen LogP contribution in [0.3, 0.4) is 0 Å². The van der Waals surface area contributed by atoms with Crippen molar-refractivity contribution < 1.29 is 19.5 Å². The van der Waals surface area contributed by atoms with Crippen LogP contribution < -0.4 is 0 Å². The van der Waals surface area contributed by atoms with Gasteiger partial charge in [0.15, 0.2) is 11.6 Å². The molecule has 0 aromatic heterocycles. The number of hydrogen-bond donors (Lipinski definition) is 2. The highest BCUT2D eigenvalue weighted by molar-refractivity contribution is 7.81. The van der Waals surface area contributed by atoms with Gasteiger partial charge in [0.2, 0.25) is 0 Å². The Labute approximate surface area is 165 Å². The predicted molar refractivity (Wildman–Crippen MR) is 109 cm³/mol. The van der Waals surface area contributed by atoms with Gasteiger partial charge in [0, 0.05) is 23.5 Å². The van der Waals surface area contributed by atoms with E-state index < -0.39 is 11.2 Å².